The van der Waals surface area contributed by atoms with Crippen molar-refractivity contribution in [2.24, 2.45) is 0 Å². The van der Waals surface area contributed by atoms with E-state index in [-0.39, 0.29) is 18.4 Å². The van der Waals surface area contributed by atoms with Crippen LogP contribution in [0, 0.1) is 6.92 Å². The number of aryl methyl sites for hydroxylation is 1. The molecule has 0 bridgehead atoms. The smallest absolute Gasteiger partial charge is 0.317 e. The van der Waals surface area contributed by atoms with Crippen molar-refractivity contribution in [1.82, 2.24) is 9.80 Å². The number of benzene rings is 2. The van der Waals surface area contributed by atoms with Crippen molar-refractivity contribution >= 4 is 17.8 Å². The SMILES string of the molecule is CC(=O)N1CCC(C(=O)OCC(=O)N(C)Cc2ccccc2C)(c2ccccc2)CC1. The van der Waals surface area contributed by atoms with Gasteiger partial charge in [-0.3, -0.25) is 14.4 Å². The van der Waals surface area contributed by atoms with E-state index in [1.54, 1.807) is 16.8 Å². The Morgan fingerprint density at radius 2 is 1.61 bits per heavy atom. The number of carbonyl (C=O) groups is 3. The van der Waals surface area contributed by atoms with Gasteiger partial charge < -0.3 is 14.5 Å². The lowest BCUT2D eigenvalue weighted by molar-refractivity contribution is -0.159. The Bertz CT molecular complexity index is 934. The number of hydrogen-bond donors (Lipinski definition) is 0. The van der Waals surface area contributed by atoms with Crippen molar-refractivity contribution in [2.45, 2.75) is 38.6 Å². The van der Waals surface area contributed by atoms with Crippen LogP contribution < -0.4 is 0 Å². The lowest BCUT2D eigenvalue weighted by atomic mass is 9.72. The van der Waals surface area contributed by atoms with Gasteiger partial charge in [-0.05, 0) is 36.5 Å². The predicted octanol–water partition coefficient (Wildman–Crippen LogP) is 3.08. The van der Waals surface area contributed by atoms with Crippen LogP contribution in [-0.4, -0.2) is 54.3 Å². The fourth-order valence-corrected chi connectivity index (χ4v) is 4.08. The van der Waals surface area contributed by atoms with Crippen LogP contribution in [0.1, 0.15) is 36.5 Å². The Morgan fingerprint density at radius 1 is 1.00 bits per heavy atom. The highest BCUT2D eigenvalue weighted by Crippen LogP contribution is 2.37. The van der Waals surface area contributed by atoms with Gasteiger partial charge in [0.15, 0.2) is 6.61 Å². The molecular formula is C25H30N2O4. The van der Waals surface area contributed by atoms with E-state index >= 15 is 0 Å². The molecular weight excluding hydrogens is 392 g/mol. The average Bonchev–Trinajstić information content (AvgIpc) is 2.79. The molecule has 0 aromatic heterocycles. The number of carbonyl (C=O) groups excluding carboxylic acids is 3. The van der Waals surface area contributed by atoms with Crippen LogP contribution in [-0.2, 0) is 31.1 Å². The minimum atomic E-state index is -0.845. The van der Waals surface area contributed by atoms with Gasteiger partial charge in [0.25, 0.3) is 5.91 Å². The molecule has 2 aromatic rings. The van der Waals surface area contributed by atoms with E-state index in [0.717, 1.165) is 16.7 Å². The maximum absolute atomic E-state index is 13.2. The van der Waals surface area contributed by atoms with Gasteiger partial charge in [0, 0.05) is 33.6 Å². The van der Waals surface area contributed by atoms with Crippen molar-refractivity contribution in [2.75, 3.05) is 26.7 Å². The van der Waals surface area contributed by atoms with Crippen molar-refractivity contribution in [3.63, 3.8) is 0 Å². The molecule has 2 aromatic carbocycles. The van der Waals surface area contributed by atoms with E-state index in [4.69, 9.17) is 4.74 Å². The second kappa shape index (κ2) is 9.77. The van der Waals surface area contributed by atoms with E-state index < -0.39 is 11.4 Å². The molecule has 6 nitrogen and oxygen atoms in total. The second-order valence-electron chi connectivity index (χ2n) is 8.21. The third-order valence-corrected chi connectivity index (χ3v) is 6.20. The maximum atomic E-state index is 13.2. The van der Waals surface area contributed by atoms with Gasteiger partial charge in [-0.1, -0.05) is 54.6 Å². The van der Waals surface area contributed by atoms with E-state index in [0.29, 0.717) is 32.5 Å². The Kier molecular flexibility index (Phi) is 7.10. The molecule has 0 saturated carbocycles. The topological polar surface area (TPSA) is 66.9 Å². The third kappa shape index (κ3) is 5.13. The molecule has 2 amide bonds. The van der Waals surface area contributed by atoms with E-state index in [9.17, 15) is 14.4 Å². The molecule has 1 fully saturated rings. The van der Waals surface area contributed by atoms with Crippen LogP contribution in [0.4, 0.5) is 0 Å². The van der Waals surface area contributed by atoms with E-state index in [1.807, 2.05) is 61.5 Å². The summed E-state index contributed by atoms with van der Waals surface area (Å²) >= 11 is 0. The van der Waals surface area contributed by atoms with Gasteiger partial charge in [-0.15, -0.1) is 0 Å². The summed E-state index contributed by atoms with van der Waals surface area (Å²) in [5, 5.41) is 0. The monoisotopic (exact) mass is 422 g/mol. The zero-order valence-electron chi connectivity index (χ0n) is 18.5. The van der Waals surface area contributed by atoms with Gasteiger partial charge in [-0.25, -0.2) is 0 Å². The lowest BCUT2D eigenvalue weighted by Crippen LogP contribution is -2.49. The first-order valence-electron chi connectivity index (χ1n) is 10.6. The average molecular weight is 423 g/mol. The molecule has 0 atom stereocenters. The maximum Gasteiger partial charge on any atom is 0.317 e. The Morgan fingerprint density at radius 3 is 2.23 bits per heavy atom. The molecule has 1 heterocycles. The van der Waals surface area contributed by atoms with E-state index in [2.05, 4.69) is 0 Å². The molecule has 0 spiro atoms. The van der Waals surface area contributed by atoms with Crippen molar-refractivity contribution in [1.29, 1.82) is 0 Å². The summed E-state index contributed by atoms with van der Waals surface area (Å²) in [5.74, 6) is -0.649. The first-order valence-corrected chi connectivity index (χ1v) is 10.6. The Balaban J connectivity index is 1.67. The number of likely N-dealkylation sites (tertiary alicyclic amines) is 1. The molecule has 164 valence electrons. The molecule has 0 unspecified atom stereocenters. The van der Waals surface area contributed by atoms with Crippen LogP contribution in [0.5, 0.6) is 0 Å². The largest absolute Gasteiger partial charge is 0.455 e. The number of amides is 2. The van der Waals surface area contributed by atoms with Crippen molar-refractivity contribution in [3.05, 3.63) is 71.3 Å². The zero-order chi connectivity index (χ0) is 22.4. The molecule has 31 heavy (non-hydrogen) atoms. The summed E-state index contributed by atoms with van der Waals surface area (Å²) < 4.78 is 5.55. The summed E-state index contributed by atoms with van der Waals surface area (Å²) in [6.45, 7) is 4.68. The van der Waals surface area contributed by atoms with Crippen LogP contribution in [0.15, 0.2) is 54.6 Å². The van der Waals surface area contributed by atoms with Crippen LogP contribution in [0.3, 0.4) is 0 Å². The first-order chi connectivity index (χ1) is 14.8. The highest BCUT2D eigenvalue weighted by atomic mass is 16.5. The van der Waals surface area contributed by atoms with Gasteiger partial charge in [0.2, 0.25) is 5.91 Å². The molecule has 1 saturated heterocycles. The van der Waals surface area contributed by atoms with Crippen LogP contribution in [0.25, 0.3) is 0 Å². The van der Waals surface area contributed by atoms with Gasteiger partial charge in [0.1, 0.15) is 0 Å². The number of esters is 1. The third-order valence-electron chi connectivity index (χ3n) is 6.20. The number of piperidine rings is 1. The molecule has 0 N–H and O–H groups in total. The van der Waals surface area contributed by atoms with Gasteiger partial charge in [0.05, 0.1) is 5.41 Å². The molecule has 1 aliphatic heterocycles. The summed E-state index contributed by atoms with van der Waals surface area (Å²) in [7, 11) is 1.71. The number of nitrogens with zero attached hydrogens (tertiary/aromatic N) is 2. The number of ether oxygens (including phenoxy) is 1. The fourth-order valence-electron chi connectivity index (χ4n) is 4.08. The fraction of sp³-hybridized carbons (Fsp3) is 0.400. The molecule has 6 heteroatoms. The van der Waals surface area contributed by atoms with Gasteiger partial charge >= 0.3 is 5.97 Å². The first kappa shape index (κ1) is 22.5. The molecule has 3 rings (SSSR count). The van der Waals surface area contributed by atoms with Crippen molar-refractivity contribution in [3.8, 4) is 0 Å². The quantitative estimate of drug-likeness (QED) is 0.671. The Labute approximate surface area is 183 Å². The van der Waals surface area contributed by atoms with E-state index in [1.165, 1.54) is 6.92 Å². The highest BCUT2D eigenvalue weighted by molar-refractivity contribution is 5.87. The number of hydrogen-bond acceptors (Lipinski definition) is 4. The summed E-state index contributed by atoms with van der Waals surface area (Å²) in [5.41, 5.74) is 2.19. The number of likely N-dealkylation sites (N-methyl/N-ethyl adjacent to an activating group) is 1. The Hall–Kier alpha value is -3.15. The summed E-state index contributed by atoms with van der Waals surface area (Å²) in [6, 6.07) is 17.4. The minimum absolute atomic E-state index is 0.00281. The standard InChI is InChI=1S/C25H30N2O4/c1-19-9-7-8-10-21(19)17-26(3)23(29)18-31-24(30)25(22-11-5-4-6-12-22)13-15-27(16-14-25)20(2)28/h4-12H,13-18H2,1-3H3. The summed E-state index contributed by atoms with van der Waals surface area (Å²) in [4.78, 5) is 40.9. The minimum Gasteiger partial charge on any atom is -0.455 e. The highest BCUT2D eigenvalue weighted by Gasteiger charge is 2.45. The zero-order valence-corrected chi connectivity index (χ0v) is 18.5. The molecule has 0 radical (unpaired) electrons. The van der Waals surface area contributed by atoms with Crippen molar-refractivity contribution < 1.29 is 19.1 Å². The van der Waals surface area contributed by atoms with Gasteiger partial charge in [-0.2, -0.15) is 0 Å². The molecule has 1 aliphatic rings. The molecule has 0 aliphatic carbocycles. The second-order valence-corrected chi connectivity index (χ2v) is 8.21. The van der Waals surface area contributed by atoms with Crippen LogP contribution in [0.2, 0.25) is 0 Å². The normalized spacial score (nSPS) is 15.3. The number of rotatable bonds is 6. The summed E-state index contributed by atoms with van der Waals surface area (Å²) in [6.07, 6.45) is 0.950. The van der Waals surface area contributed by atoms with Crippen LogP contribution >= 0.6 is 0 Å². The predicted molar refractivity (Wildman–Crippen MR) is 118 cm³/mol. The lowest BCUT2D eigenvalue weighted by Gasteiger charge is -2.40.